The Balaban J connectivity index is 1.20. The number of pyridine rings is 1. The van der Waals surface area contributed by atoms with Crippen LogP contribution in [0.3, 0.4) is 0 Å². The van der Waals surface area contributed by atoms with Crippen LogP contribution in [0.1, 0.15) is 50.6 Å². The smallest absolute Gasteiger partial charge is 0.276 e. The van der Waals surface area contributed by atoms with Crippen LogP contribution in [0.25, 0.3) is 0 Å². The van der Waals surface area contributed by atoms with Gasteiger partial charge in [0.1, 0.15) is 30.6 Å². The number of nitrogens with two attached hydrogens (primary N) is 1. The number of nitrogens with one attached hydrogen (secondary N) is 1. The number of hydrogen-bond donors (Lipinski definition) is 2. The molecule has 6 rings (SSSR count). The lowest BCUT2D eigenvalue weighted by Crippen LogP contribution is -2.72. The molecule has 0 unspecified atom stereocenters. The van der Waals surface area contributed by atoms with E-state index < -0.39 is 29.9 Å². The Labute approximate surface area is 251 Å². The van der Waals surface area contributed by atoms with Crippen molar-refractivity contribution >= 4 is 51.6 Å². The summed E-state index contributed by atoms with van der Waals surface area (Å²) in [6, 6.07) is 2.12. The first-order chi connectivity index (χ1) is 20.7. The van der Waals surface area contributed by atoms with Crippen molar-refractivity contribution in [1.82, 2.24) is 15.2 Å². The third kappa shape index (κ3) is 5.49. The maximum atomic E-state index is 13.3. The molecule has 2 saturated heterocycles. The van der Waals surface area contributed by atoms with Crippen molar-refractivity contribution in [2.75, 3.05) is 17.2 Å². The van der Waals surface area contributed by atoms with Crippen LogP contribution in [0.5, 0.6) is 0 Å². The number of anilines is 2. The fourth-order valence-corrected chi connectivity index (χ4v) is 6.64. The molecule has 3 aliphatic heterocycles. The number of β-lactam (4-membered cyclic amide) rings is 1. The molecule has 5 heterocycles. The summed E-state index contributed by atoms with van der Waals surface area (Å²) in [7, 11) is 1.86. The van der Waals surface area contributed by atoms with E-state index in [0.29, 0.717) is 30.5 Å². The molecule has 0 radical (unpaired) electrons. The molecule has 3 N–H and O–H groups in total. The highest BCUT2D eigenvalue weighted by Crippen LogP contribution is 2.38. The summed E-state index contributed by atoms with van der Waals surface area (Å²) in [4.78, 5) is 64.6. The average molecular weight is 606 g/mol. The van der Waals surface area contributed by atoms with Crippen LogP contribution in [0, 0.1) is 0 Å². The van der Waals surface area contributed by atoms with E-state index >= 15 is 0 Å². The summed E-state index contributed by atoms with van der Waals surface area (Å²) in [6.45, 7) is 0.459. The molecule has 1 saturated carbocycles. The summed E-state index contributed by atoms with van der Waals surface area (Å²) >= 11 is 1.15. The Hall–Kier alpha value is -4.59. The van der Waals surface area contributed by atoms with Crippen LogP contribution in [-0.2, 0) is 31.1 Å². The van der Waals surface area contributed by atoms with E-state index in [-0.39, 0.29) is 40.7 Å². The number of nitrogens with zero attached hydrogens (tertiary/aromatic N) is 5. The third-order valence-corrected chi connectivity index (χ3v) is 8.91. The van der Waals surface area contributed by atoms with E-state index in [1.54, 1.807) is 16.4 Å². The minimum Gasteiger partial charge on any atom is -0.543 e. The number of amides is 3. The second-order valence-electron chi connectivity index (χ2n) is 11.1. The van der Waals surface area contributed by atoms with E-state index in [1.165, 1.54) is 0 Å². The molecular weight excluding hydrogens is 574 g/mol. The summed E-state index contributed by atoms with van der Waals surface area (Å²) in [6.07, 6.45) is 9.98. The first kappa shape index (κ1) is 28.5. The standard InChI is InChI=1S/C29H31N7O6S/c1-34-11-4-5-18(14-34)35-12-10-17(26(35)38)13-16-8-9-21-23(27(39)36(21)24(16)28(40)41)32-25(37)22(20-15-43-29(30)31-20)33-42-19-6-2-3-7-19/h4-5,11,13-15,19,21,23H,2-3,6-10,12H2,1H3,(H3-,30,31,32,37,40,41)/b17-13+,33-22-/t21-,23+/m1/s1. The molecule has 0 aromatic carbocycles. The largest absolute Gasteiger partial charge is 0.543 e. The zero-order valence-corrected chi connectivity index (χ0v) is 24.3. The van der Waals surface area contributed by atoms with Crippen molar-refractivity contribution in [3.05, 3.63) is 58.5 Å². The highest BCUT2D eigenvalue weighted by molar-refractivity contribution is 7.13. The van der Waals surface area contributed by atoms with Gasteiger partial charge in [0.15, 0.2) is 23.2 Å². The minimum atomic E-state index is -1.52. The Morgan fingerprint density at radius 3 is 2.74 bits per heavy atom. The molecule has 2 atom stereocenters. The summed E-state index contributed by atoms with van der Waals surface area (Å²) < 4.78 is 1.84. The third-order valence-electron chi connectivity index (χ3n) is 8.24. The molecule has 4 aliphatic rings. The number of carboxylic acids is 1. The van der Waals surface area contributed by atoms with Gasteiger partial charge in [0.05, 0.1) is 17.7 Å². The van der Waals surface area contributed by atoms with E-state index in [0.717, 1.165) is 47.6 Å². The number of fused-ring (bicyclic) bond motifs is 1. The summed E-state index contributed by atoms with van der Waals surface area (Å²) in [5.41, 5.74) is 7.18. The Kier molecular flexibility index (Phi) is 7.69. The van der Waals surface area contributed by atoms with E-state index in [2.05, 4.69) is 15.5 Å². The van der Waals surface area contributed by atoms with E-state index in [4.69, 9.17) is 10.6 Å². The number of nitrogen functional groups attached to an aromatic ring is 1. The van der Waals surface area contributed by atoms with Crippen LogP contribution >= 0.6 is 11.3 Å². The van der Waals surface area contributed by atoms with Crippen LogP contribution < -0.4 is 25.6 Å². The monoisotopic (exact) mass is 605 g/mol. The van der Waals surface area contributed by atoms with Gasteiger partial charge in [-0.05, 0) is 62.7 Å². The van der Waals surface area contributed by atoms with Gasteiger partial charge in [-0.1, -0.05) is 5.16 Å². The average Bonchev–Trinajstić information content (AvgIpc) is 3.74. The first-order valence-corrected chi connectivity index (χ1v) is 15.1. The number of allylic oxidation sites excluding steroid dienone is 2. The molecule has 3 fully saturated rings. The Morgan fingerprint density at radius 2 is 2.05 bits per heavy atom. The molecule has 14 heteroatoms. The second kappa shape index (κ2) is 11.6. The number of carboxylic acid groups (broad SMARTS) is 1. The predicted molar refractivity (Wildman–Crippen MR) is 153 cm³/mol. The molecule has 3 amide bonds. The van der Waals surface area contributed by atoms with Crippen molar-refractivity contribution in [2.45, 2.75) is 63.1 Å². The lowest BCUT2D eigenvalue weighted by atomic mass is 9.82. The highest BCUT2D eigenvalue weighted by Gasteiger charge is 2.52. The molecule has 13 nitrogen and oxygen atoms in total. The maximum absolute atomic E-state index is 13.3. The number of rotatable bonds is 8. The number of oxime groups is 1. The summed E-state index contributed by atoms with van der Waals surface area (Å²) in [5.74, 6) is -2.98. The number of thiazole rings is 1. The fourth-order valence-electron chi connectivity index (χ4n) is 6.09. The van der Waals surface area contributed by atoms with E-state index in [9.17, 15) is 24.3 Å². The van der Waals surface area contributed by atoms with Crippen molar-refractivity contribution in [3.8, 4) is 0 Å². The van der Waals surface area contributed by atoms with Crippen LogP contribution in [-0.4, -0.2) is 64.0 Å². The maximum Gasteiger partial charge on any atom is 0.276 e. The van der Waals surface area contributed by atoms with Gasteiger partial charge < -0.3 is 35.6 Å². The van der Waals surface area contributed by atoms with Gasteiger partial charge in [-0.15, -0.1) is 11.3 Å². The lowest BCUT2D eigenvalue weighted by Gasteiger charge is -2.51. The zero-order valence-electron chi connectivity index (χ0n) is 23.5. The van der Waals surface area contributed by atoms with Crippen LogP contribution in [0.2, 0.25) is 0 Å². The van der Waals surface area contributed by atoms with Gasteiger partial charge in [0.25, 0.3) is 17.7 Å². The van der Waals surface area contributed by atoms with Crippen molar-refractivity contribution in [1.29, 1.82) is 0 Å². The molecular formula is C29H31N7O6S. The Bertz CT molecular complexity index is 1590. The SMILES string of the molecule is C[n+]1cccc(N2CC/C(=C\C3=C(C(=O)[O-])N4C(=O)[C@@H](NC(=O)/C(=N\OC5CCCC5)c5csc(N)n5)[C@H]4CC3)C2=O)c1. The minimum absolute atomic E-state index is 0.0979. The lowest BCUT2D eigenvalue weighted by molar-refractivity contribution is -0.670. The van der Waals surface area contributed by atoms with Gasteiger partial charge in [-0.2, -0.15) is 0 Å². The van der Waals surface area contributed by atoms with Gasteiger partial charge in [-0.25, -0.2) is 9.55 Å². The number of carbonyl (C=O) groups excluding carboxylic acids is 4. The van der Waals surface area contributed by atoms with E-state index in [1.807, 2.05) is 36.1 Å². The zero-order chi connectivity index (χ0) is 30.2. The number of aromatic nitrogens is 2. The summed E-state index contributed by atoms with van der Waals surface area (Å²) in [5, 5.41) is 20.9. The first-order valence-electron chi connectivity index (χ1n) is 14.2. The number of aryl methyl sites for hydroxylation is 1. The van der Waals surface area contributed by atoms with Crippen LogP contribution in [0.15, 0.2) is 58.0 Å². The van der Waals surface area contributed by atoms with Gasteiger partial charge in [0.2, 0.25) is 0 Å². The molecule has 43 heavy (non-hydrogen) atoms. The highest BCUT2D eigenvalue weighted by atomic mass is 32.1. The molecule has 1 aliphatic carbocycles. The molecule has 0 spiro atoms. The van der Waals surface area contributed by atoms with Gasteiger partial charge in [-0.3, -0.25) is 14.4 Å². The number of hydrogen-bond acceptors (Lipinski definition) is 10. The second-order valence-corrected chi connectivity index (χ2v) is 11.9. The number of aliphatic carboxylic acids is 1. The van der Waals surface area contributed by atoms with Gasteiger partial charge >= 0.3 is 0 Å². The molecule has 2 aromatic heterocycles. The molecule has 2 aromatic rings. The normalized spacial score (nSPS) is 23.6. The fraction of sp³-hybridized carbons (Fsp3) is 0.414. The predicted octanol–water partition coefficient (Wildman–Crippen LogP) is 0.0698. The number of carbonyl (C=O) groups is 4. The van der Waals surface area contributed by atoms with Crippen molar-refractivity contribution in [2.24, 2.45) is 12.2 Å². The Morgan fingerprint density at radius 1 is 1.26 bits per heavy atom. The van der Waals surface area contributed by atoms with Gasteiger partial charge in [0, 0.05) is 23.6 Å². The quantitative estimate of drug-likeness (QED) is 0.140. The molecule has 224 valence electrons. The van der Waals surface area contributed by atoms with Crippen molar-refractivity contribution < 1.29 is 33.7 Å². The topological polar surface area (TPSA) is 174 Å². The van der Waals surface area contributed by atoms with Crippen molar-refractivity contribution in [3.63, 3.8) is 0 Å². The van der Waals surface area contributed by atoms with Crippen LogP contribution in [0.4, 0.5) is 10.8 Å². The molecule has 0 bridgehead atoms.